The van der Waals surface area contributed by atoms with Gasteiger partial charge in [-0.3, -0.25) is 4.79 Å². The van der Waals surface area contributed by atoms with Crippen molar-refractivity contribution in [3.05, 3.63) is 77.4 Å². The Balaban J connectivity index is 1.83. The number of hydrogen-bond donors (Lipinski definition) is 2. The van der Waals surface area contributed by atoms with Crippen LogP contribution in [0.2, 0.25) is 0 Å². The van der Waals surface area contributed by atoms with E-state index in [1.165, 1.54) is 11.3 Å². The molecular formula is C20H17N5OS. The van der Waals surface area contributed by atoms with Gasteiger partial charge >= 0.3 is 0 Å². The van der Waals surface area contributed by atoms with E-state index in [0.717, 1.165) is 11.4 Å². The highest BCUT2D eigenvalue weighted by Gasteiger charge is 2.24. The zero-order valence-corrected chi connectivity index (χ0v) is 15.4. The van der Waals surface area contributed by atoms with Gasteiger partial charge in [0.15, 0.2) is 10.8 Å². The zero-order valence-electron chi connectivity index (χ0n) is 14.6. The van der Waals surface area contributed by atoms with E-state index in [-0.39, 0.29) is 5.91 Å². The van der Waals surface area contributed by atoms with Crippen molar-refractivity contribution < 1.29 is 4.79 Å². The van der Waals surface area contributed by atoms with E-state index in [2.05, 4.69) is 15.4 Å². The van der Waals surface area contributed by atoms with Gasteiger partial charge in [0.1, 0.15) is 0 Å². The van der Waals surface area contributed by atoms with E-state index in [4.69, 9.17) is 5.73 Å². The minimum Gasteiger partial charge on any atom is -0.375 e. The lowest BCUT2D eigenvalue weighted by Crippen LogP contribution is -2.14. The van der Waals surface area contributed by atoms with Gasteiger partial charge in [0.2, 0.25) is 0 Å². The molecule has 0 fully saturated rings. The van der Waals surface area contributed by atoms with Gasteiger partial charge in [-0.1, -0.05) is 36.4 Å². The van der Waals surface area contributed by atoms with Crippen LogP contribution in [0.5, 0.6) is 0 Å². The molecule has 0 radical (unpaired) electrons. The summed E-state index contributed by atoms with van der Waals surface area (Å²) in [5.74, 6) is -0.291. The second kappa shape index (κ2) is 7.05. The SMILES string of the molecule is Cc1c(-c2csc(N)n2)c(C(=O)Nc2ccccc2)nn1-c1ccccc1. The van der Waals surface area contributed by atoms with Crippen LogP contribution in [0, 0.1) is 6.92 Å². The number of carbonyl (C=O) groups is 1. The molecule has 2 aromatic carbocycles. The minimum absolute atomic E-state index is 0.291. The summed E-state index contributed by atoms with van der Waals surface area (Å²) in [7, 11) is 0. The highest BCUT2D eigenvalue weighted by Crippen LogP contribution is 2.31. The minimum atomic E-state index is -0.291. The number of hydrogen-bond acceptors (Lipinski definition) is 5. The van der Waals surface area contributed by atoms with Crippen LogP contribution in [0.25, 0.3) is 16.9 Å². The molecule has 2 aromatic heterocycles. The maximum atomic E-state index is 13.0. The van der Waals surface area contributed by atoms with Gasteiger partial charge in [-0.25, -0.2) is 9.67 Å². The topological polar surface area (TPSA) is 85.8 Å². The molecule has 0 aliphatic rings. The Morgan fingerprint density at radius 2 is 1.74 bits per heavy atom. The number of rotatable bonds is 4. The third-order valence-electron chi connectivity index (χ3n) is 4.14. The third kappa shape index (κ3) is 3.32. The Bertz CT molecular complexity index is 1090. The second-order valence-electron chi connectivity index (χ2n) is 5.95. The van der Waals surface area contributed by atoms with E-state index in [1.54, 1.807) is 4.68 Å². The van der Waals surface area contributed by atoms with Crippen LogP contribution in [0.15, 0.2) is 66.0 Å². The molecule has 3 N–H and O–H groups in total. The number of para-hydroxylation sites is 2. The quantitative estimate of drug-likeness (QED) is 0.561. The van der Waals surface area contributed by atoms with Crippen molar-refractivity contribution in [3.63, 3.8) is 0 Å². The summed E-state index contributed by atoms with van der Waals surface area (Å²) in [6, 6.07) is 19.0. The monoisotopic (exact) mass is 375 g/mol. The Morgan fingerprint density at radius 1 is 1.07 bits per heavy atom. The molecule has 0 unspecified atom stereocenters. The first-order chi connectivity index (χ1) is 13.1. The number of nitrogens with zero attached hydrogens (tertiary/aromatic N) is 3. The molecule has 0 saturated carbocycles. The zero-order chi connectivity index (χ0) is 18.8. The molecule has 1 amide bonds. The van der Waals surface area contributed by atoms with Crippen LogP contribution >= 0.6 is 11.3 Å². The predicted octanol–water partition coefficient (Wildman–Crippen LogP) is 4.14. The second-order valence-corrected chi connectivity index (χ2v) is 6.84. The Labute approximate surface area is 160 Å². The number of thiazole rings is 1. The largest absolute Gasteiger partial charge is 0.375 e. The first kappa shape index (κ1) is 17.0. The van der Waals surface area contributed by atoms with E-state index in [1.807, 2.05) is 73.0 Å². The standard InChI is InChI=1S/C20H17N5OS/c1-13-17(16-12-27-20(21)23-16)18(19(26)22-14-8-4-2-5-9-14)24-25(13)15-10-6-3-7-11-15/h2-12H,1H3,(H2,21,23)(H,22,26). The summed E-state index contributed by atoms with van der Waals surface area (Å²) in [5.41, 5.74) is 9.86. The van der Waals surface area contributed by atoms with Crippen molar-refractivity contribution in [2.75, 3.05) is 11.1 Å². The molecule has 134 valence electrons. The van der Waals surface area contributed by atoms with Crippen molar-refractivity contribution in [2.45, 2.75) is 6.92 Å². The Kier molecular flexibility index (Phi) is 4.43. The van der Waals surface area contributed by atoms with E-state index in [9.17, 15) is 4.79 Å². The fourth-order valence-corrected chi connectivity index (χ4v) is 3.46. The van der Waals surface area contributed by atoms with Crippen molar-refractivity contribution >= 4 is 28.1 Å². The molecule has 6 nitrogen and oxygen atoms in total. The molecule has 0 aliphatic carbocycles. The number of anilines is 2. The van der Waals surface area contributed by atoms with E-state index in [0.29, 0.717) is 27.8 Å². The lowest BCUT2D eigenvalue weighted by molar-refractivity contribution is 0.102. The highest BCUT2D eigenvalue weighted by molar-refractivity contribution is 7.13. The summed E-state index contributed by atoms with van der Waals surface area (Å²) in [6.45, 7) is 1.92. The molecule has 0 saturated heterocycles. The van der Waals surface area contributed by atoms with Gasteiger partial charge in [0.05, 0.1) is 22.6 Å². The maximum absolute atomic E-state index is 13.0. The van der Waals surface area contributed by atoms with E-state index < -0.39 is 0 Å². The van der Waals surface area contributed by atoms with Crippen LogP contribution in [0.4, 0.5) is 10.8 Å². The Hall–Kier alpha value is -3.45. The average Bonchev–Trinajstić information content (AvgIpc) is 3.26. The summed E-state index contributed by atoms with van der Waals surface area (Å²) >= 11 is 1.34. The van der Waals surface area contributed by atoms with Crippen LogP contribution < -0.4 is 11.1 Å². The van der Waals surface area contributed by atoms with Crippen LogP contribution in [-0.2, 0) is 0 Å². The van der Waals surface area contributed by atoms with Crippen LogP contribution in [0.1, 0.15) is 16.2 Å². The molecule has 0 aliphatic heterocycles. The smallest absolute Gasteiger partial charge is 0.276 e. The summed E-state index contributed by atoms with van der Waals surface area (Å²) < 4.78 is 1.75. The van der Waals surface area contributed by atoms with Crippen LogP contribution in [0.3, 0.4) is 0 Å². The van der Waals surface area contributed by atoms with Gasteiger partial charge in [-0.2, -0.15) is 5.10 Å². The van der Waals surface area contributed by atoms with Crippen molar-refractivity contribution in [1.29, 1.82) is 0 Å². The molecule has 0 spiro atoms. The molecule has 27 heavy (non-hydrogen) atoms. The number of nitrogen functional groups attached to an aromatic ring is 1. The fourth-order valence-electron chi connectivity index (χ4n) is 2.90. The molecule has 4 rings (SSSR count). The van der Waals surface area contributed by atoms with Crippen molar-refractivity contribution in [2.24, 2.45) is 0 Å². The number of carbonyl (C=O) groups excluding carboxylic acids is 1. The number of benzene rings is 2. The molecule has 4 aromatic rings. The molecule has 7 heteroatoms. The number of amides is 1. The van der Waals surface area contributed by atoms with Gasteiger partial charge < -0.3 is 11.1 Å². The summed E-state index contributed by atoms with van der Waals surface area (Å²) in [5, 5.41) is 9.78. The summed E-state index contributed by atoms with van der Waals surface area (Å²) in [6.07, 6.45) is 0. The highest BCUT2D eigenvalue weighted by atomic mass is 32.1. The van der Waals surface area contributed by atoms with Gasteiger partial charge in [0.25, 0.3) is 5.91 Å². The van der Waals surface area contributed by atoms with Gasteiger partial charge in [-0.15, -0.1) is 11.3 Å². The van der Waals surface area contributed by atoms with E-state index >= 15 is 0 Å². The first-order valence-electron chi connectivity index (χ1n) is 8.36. The van der Waals surface area contributed by atoms with Crippen LogP contribution in [-0.4, -0.2) is 20.7 Å². The molecular weight excluding hydrogens is 358 g/mol. The fraction of sp³-hybridized carbons (Fsp3) is 0.0500. The first-order valence-corrected chi connectivity index (χ1v) is 9.24. The Morgan fingerprint density at radius 3 is 2.37 bits per heavy atom. The number of nitrogens with two attached hydrogens (primary N) is 1. The molecule has 2 heterocycles. The maximum Gasteiger partial charge on any atom is 0.276 e. The number of aromatic nitrogens is 3. The van der Waals surface area contributed by atoms with Crippen molar-refractivity contribution in [1.82, 2.24) is 14.8 Å². The average molecular weight is 375 g/mol. The molecule has 0 bridgehead atoms. The number of nitrogens with one attached hydrogen (secondary N) is 1. The predicted molar refractivity (Wildman–Crippen MR) is 108 cm³/mol. The van der Waals surface area contributed by atoms with Gasteiger partial charge in [0, 0.05) is 11.1 Å². The van der Waals surface area contributed by atoms with Crippen molar-refractivity contribution in [3.8, 4) is 16.9 Å². The summed E-state index contributed by atoms with van der Waals surface area (Å²) in [4.78, 5) is 17.3. The lowest BCUT2D eigenvalue weighted by Gasteiger charge is -2.04. The lowest BCUT2D eigenvalue weighted by atomic mass is 10.1. The normalized spacial score (nSPS) is 10.7. The van der Waals surface area contributed by atoms with Gasteiger partial charge in [-0.05, 0) is 31.2 Å². The third-order valence-corrected chi connectivity index (χ3v) is 4.82. The molecule has 0 atom stereocenters.